The van der Waals surface area contributed by atoms with Crippen molar-refractivity contribution in [3.8, 4) is 0 Å². The van der Waals surface area contributed by atoms with Crippen LogP contribution in [0.4, 0.5) is 0 Å². The van der Waals surface area contributed by atoms with E-state index in [1.54, 1.807) is 18.2 Å². The lowest BCUT2D eigenvalue weighted by molar-refractivity contribution is -0.709. The third-order valence-electron chi connectivity index (χ3n) is 1.85. The summed E-state index contributed by atoms with van der Waals surface area (Å²) in [4.78, 5) is 18.9. The lowest BCUT2D eigenvalue weighted by Crippen LogP contribution is -2.92. The van der Waals surface area contributed by atoms with Crippen LogP contribution in [0.3, 0.4) is 0 Å². The van der Waals surface area contributed by atoms with Crippen molar-refractivity contribution in [1.82, 2.24) is 0 Å². The molecule has 1 atom stereocenters. The third-order valence-corrected chi connectivity index (χ3v) is 2.80. The number of quaternary nitrogens is 1. The van der Waals surface area contributed by atoms with Gasteiger partial charge in [-0.25, -0.2) is 0 Å². The molecule has 98 valence electrons. The highest BCUT2D eigenvalue weighted by atomic mass is 31.2. The van der Waals surface area contributed by atoms with Crippen molar-refractivity contribution in [1.29, 1.82) is 0 Å². The Labute approximate surface area is 103 Å². The average Bonchev–Trinajstić information content (AvgIpc) is 2.16. The fourth-order valence-electron chi connectivity index (χ4n) is 1.39. The molecule has 0 saturated heterocycles. The minimum Gasteiger partial charge on any atom is -0.775 e. The summed E-state index contributed by atoms with van der Waals surface area (Å²) in [5.41, 5.74) is 0. The van der Waals surface area contributed by atoms with Crippen LogP contribution in [-0.2, 0) is 4.57 Å². The van der Waals surface area contributed by atoms with Crippen LogP contribution in [-0.4, -0.2) is 17.0 Å². The second-order valence-corrected chi connectivity index (χ2v) is 6.09. The van der Waals surface area contributed by atoms with Crippen molar-refractivity contribution in [2.24, 2.45) is 0 Å². The number of hydrogen-bond donors (Lipinski definition) is 2. The molecule has 3 N–H and O–H groups in total. The third kappa shape index (κ3) is 9.07. The van der Waals surface area contributed by atoms with Crippen LogP contribution in [0.5, 0.6) is 0 Å². The summed E-state index contributed by atoms with van der Waals surface area (Å²) < 4.78 is 10.4. The summed E-state index contributed by atoms with van der Waals surface area (Å²) in [5, 5.41) is 2.29. The van der Waals surface area contributed by atoms with Gasteiger partial charge in [-0.1, -0.05) is 30.3 Å². The molecule has 0 heterocycles. The topological polar surface area (TPSA) is 77.0 Å². The predicted molar refractivity (Wildman–Crippen MR) is 68.1 cm³/mol. The maximum absolute atomic E-state index is 10.4. The molecule has 0 bridgehead atoms. The highest BCUT2D eigenvalue weighted by molar-refractivity contribution is 7.58. The first-order chi connectivity index (χ1) is 7.73. The molecule has 0 spiro atoms. The molecule has 0 saturated carbocycles. The van der Waals surface area contributed by atoms with Gasteiger partial charge >= 0.3 is 0 Å². The largest absolute Gasteiger partial charge is 0.775 e. The summed E-state index contributed by atoms with van der Waals surface area (Å²) in [6, 6.07) is 8.97. The zero-order chi connectivity index (χ0) is 13.5. The van der Waals surface area contributed by atoms with E-state index in [1.807, 2.05) is 0 Å². The lowest BCUT2D eigenvalue weighted by Gasteiger charge is -2.14. The maximum atomic E-state index is 10.4. The van der Waals surface area contributed by atoms with Crippen LogP contribution in [0.15, 0.2) is 30.3 Å². The Bertz CT molecular complexity index is 340. The minimum atomic E-state index is -4.27. The fourth-order valence-corrected chi connectivity index (χ4v) is 1.94. The lowest BCUT2D eigenvalue weighted by atomic mass is 10.3. The van der Waals surface area contributed by atoms with Gasteiger partial charge in [0.1, 0.15) is 0 Å². The normalized spacial score (nSPS) is 14.1. The van der Waals surface area contributed by atoms with E-state index in [0.29, 0.717) is 0 Å². The van der Waals surface area contributed by atoms with Crippen molar-refractivity contribution in [2.45, 2.75) is 39.8 Å². The zero-order valence-electron chi connectivity index (χ0n) is 10.8. The number of nitrogens with two attached hydrogens (primary N) is 1. The van der Waals surface area contributed by atoms with Gasteiger partial charge < -0.3 is 19.7 Å². The SMILES string of the molecule is CC(C)[NH2+]C(C)C.O=P([O-])(O)c1ccccc1. The molecular formula is C12H22NO3P. The molecule has 0 aromatic heterocycles. The molecule has 0 aliphatic heterocycles. The van der Waals surface area contributed by atoms with Gasteiger partial charge in [-0.05, 0) is 27.7 Å². The van der Waals surface area contributed by atoms with Crippen LogP contribution >= 0.6 is 7.60 Å². The Kier molecular flexibility index (Phi) is 7.32. The van der Waals surface area contributed by atoms with E-state index < -0.39 is 7.60 Å². The maximum Gasteiger partial charge on any atom is 0.162 e. The molecule has 0 radical (unpaired) electrons. The summed E-state index contributed by atoms with van der Waals surface area (Å²) in [7, 11) is -4.27. The summed E-state index contributed by atoms with van der Waals surface area (Å²) in [5.74, 6) is 0. The fraction of sp³-hybridized carbons (Fsp3) is 0.500. The summed E-state index contributed by atoms with van der Waals surface area (Å²) >= 11 is 0. The monoisotopic (exact) mass is 259 g/mol. The zero-order valence-corrected chi connectivity index (χ0v) is 11.7. The van der Waals surface area contributed by atoms with E-state index in [0.717, 1.165) is 12.1 Å². The first-order valence-electron chi connectivity index (χ1n) is 5.68. The summed E-state index contributed by atoms with van der Waals surface area (Å²) in [6.45, 7) is 8.83. The van der Waals surface area contributed by atoms with Crippen LogP contribution in [0.25, 0.3) is 0 Å². The first-order valence-corrected chi connectivity index (χ1v) is 7.25. The first kappa shape index (κ1) is 16.3. The quantitative estimate of drug-likeness (QED) is 0.763. The van der Waals surface area contributed by atoms with E-state index in [1.165, 1.54) is 12.1 Å². The van der Waals surface area contributed by atoms with E-state index in [2.05, 4.69) is 33.0 Å². The van der Waals surface area contributed by atoms with Gasteiger partial charge in [-0.15, -0.1) is 0 Å². The smallest absolute Gasteiger partial charge is 0.162 e. The molecule has 17 heavy (non-hydrogen) atoms. The van der Waals surface area contributed by atoms with Crippen molar-refractivity contribution in [2.75, 3.05) is 0 Å². The standard InChI is InChI=1S/C6H15N.C6H7O3P/c1-5(2)7-6(3)4;7-10(8,9)6-4-2-1-3-5-6/h5-7H,1-4H3;1-5H,(H2,7,8,9). The molecule has 0 amide bonds. The van der Waals surface area contributed by atoms with Crippen LogP contribution in [0.1, 0.15) is 27.7 Å². The van der Waals surface area contributed by atoms with E-state index in [-0.39, 0.29) is 5.30 Å². The molecule has 1 unspecified atom stereocenters. The van der Waals surface area contributed by atoms with Gasteiger partial charge in [-0.2, -0.15) is 0 Å². The van der Waals surface area contributed by atoms with Crippen molar-refractivity contribution >= 4 is 12.9 Å². The van der Waals surface area contributed by atoms with Crippen molar-refractivity contribution < 1.29 is 19.7 Å². The average molecular weight is 259 g/mol. The molecular weight excluding hydrogens is 237 g/mol. The van der Waals surface area contributed by atoms with Gasteiger partial charge in [0.2, 0.25) is 0 Å². The number of hydrogen-bond acceptors (Lipinski definition) is 2. The van der Waals surface area contributed by atoms with Gasteiger partial charge in [0.25, 0.3) is 0 Å². The second kappa shape index (κ2) is 7.62. The van der Waals surface area contributed by atoms with E-state index in [9.17, 15) is 9.46 Å². The molecule has 1 aromatic rings. The molecule has 0 fully saturated rings. The molecule has 1 aromatic carbocycles. The highest BCUT2D eigenvalue weighted by Gasteiger charge is 2.02. The molecule has 5 heteroatoms. The van der Waals surface area contributed by atoms with Crippen molar-refractivity contribution in [3.05, 3.63) is 30.3 Å². The summed E-state index contributed by atoms with van der Waals surface area (Å²) in [6.07, 6.45) is 0. The Morgan fingerprint density at radius 2 is 1.53 bits per heavy atom. The van der Waals surface area contributed by atoms with Gasteiger partial charge in [-0.3, -0.25) is 0 Å². The van der Waals surface area contributed by atoms with Crippen LogP contribution < -0.4 is 15.5 Å². The van der Waals surface area contributed by atoms with E-state index in [4.69, 9.17) is 4.89 Å². The Morgan fingerprint density at radius 3 is 1.71 bits per heavy atom. The highest BCUT2D eigenvalue weighted by Crippen LogP contribution is 2.26. The number of rotatable bonds is 3. The molecule has 0 aliphatic rings. The van der Waals surface area contributed by atoms with Crippen molar-refractivity contribution in [3.63, 3.8) is 0 Å². The number of benzene rings is 1. The minimum absolute atomic E-state index is 0.0463. The molecule has 4 nitrogen and oxygen atoms in total. The molecule has 0 aliphatic carbocycles. The second-order valence-electron chi connectivity index (χ2n) is 4.54. The Morgan fingerprint density at radius 1 is 1.12 bits per heavy atom. The Hall–Kier alpha value is -0.670. The van der Waals surface area contributed by atoms with Crippen LogP contribution in [0, 0.1) is 0 Å². The van der Waals surface area contributed by atoms with Gasteiger partial charge in [0.15, 0.2) is 7.60 Å². The van der Waals surface area contributed by atoms with Crippen LogP contribution in [0.2, 0.25) is 0 Å². The Balaban J connectivity index is 0.000000325. The van der Waals surface area contributed by atoms with Gasteiger partial charge in [0, 0.05) is 5.30 Å². The van der Waals surface area contributed by atoms with E-state index >= 15 is 0 Å². The predicted octanol–water partition coefficient (Wildman–Crippen LogP) is 0.224. The molecule has 1 rings (SSSR count). The van der Waals surface area contributed by atoms with Gasteiger partial charge in [0.05, 0.1) is 12.1 Å².